The van der Waals surface area contributed by atoms with Crippen molar-refractivity contribution in [3.63, 3.8) is 0 Å². The van der Waals surface area contributed by atoms with Crippen molar-refractivity contribution in [3.05, 3.63) is 29.3 Å². The van der Waals surface area contributed by atoms with Crippen LogP contribution in [-0.4, -0.2) is 39.0 Å². The molecular weight excluding hydrogens is 310 g/mol. The van der Waals surface area contributed by atoms with E-state index in [1.54, 1.807) is 25.3 Å². The van der Waals surface area contributed by atoms with E-state index in [0.717, 1.165) is 17.5 Å². The highest BCUT2D eigenvalue weighted by Crippen LogP contribution is 2.23. The van der Waals surface area contributed by atoms with Crippen LogP contribution in [0.5, 0.6) is 0 Å². The van der Waals surface area contributed by atoms with Gasteiger partial charge in [-0.1, -0.05) is 13.0 Å². The maximum atomic E-state index is 12.8. The zero-order valence-corrected chi connectivity index (χ0v) is 14.7. The second kappa shape index (κ2) is 8.13. The van der Waals surface area contributed by atoms with Crippen LogP contribution in [0.3, 0.4) is 0 Å². The Hall–Kier alpha value is -0.620. The molecule has 0 saturated carbocycles. The number of rotatable bonds is 8. The molecule has 0 N–H and O–H groups in total. The van der Waals surface area contributed by atoms with Crippen LogP contribution in [0.25, 0.3) is 0 Å². The molecule has 6 heteroatoms. The SMILES string of the molecule is CCC(C)N(CCOC)S(=O)(=O)c1ccc(C)c(CCl)c1. The van der Waals surface area contributed by atoms with Gasteiger partial charge in [-0.25, -0.2) is 8.42 Å². The fourth-order valence-corrected chi connectivity index (χ4v) is 4.08. The smallest absolute Gasteiger partial charge is 0.243 e. The highest BCUT2D eigenvalue weighted by molar-refractivity contribution is 7.89. The molecule has 4 nitrogen and oxygen atoms in total. The Balaban J connectivity index is 3.21. The highest BCUT2D eigenvalue weighted by Gasteiger charge is 2.28. The Morgan fingerprint density at radius 2 is 2.05 bits per heavy atom. The monoisotopic (exact) mass is 333 g/mol. The van der Waals surface area contributed by atoms with Crippen LogP contribution in [0.1, 0.15) is 31.4 Å². The van der Waals surface area contributed by atoms with Crippen molar-refractivity contribution >= 4 is 21.6 Å². The largest absolute Gasteiger partial charge is 0.383 e. The van der Waals surface area contributed by atoms with E-state index in [2.05, 4.69) is 0 Å². The van der Waals surface area contributed by atoms with Gasteiger partial charge in [0.25, 0.3) is 0 Å². The molecule has 0 fully saturated rings. The third-order valence-corrected chi connectivity index (χ3v) is 5.97. The molecule has 0 aromatic heterocycles. The lowest BCUT2D eigenvalue weighted by Gasteiger charge is -2.27. The molecule has 21 heavy (non-hydrogen) atoms. The van der Waals surface area contributed by atoms with Crippen LogP contribution in [-0.2, 0) is 20.6 Å². The van der Waals surface area contributed by atoms with E-state index >= 15 is 0 Å². The van der Waals surface area contributed by atoms with Crippen molar-refractivity contribution in [1.29, 1.82) is 0 Å². The average molecular weight is 334 g/mol. The number of hydrogen-bond donors (Lipinski definition) is 0. The van der Waals surface area contributed by atoms with E-state index in [1.807, 2.05) is 20.8 Å². The van der Waals surface area contributed by atoms with Crippen LogP contribution in [0, 0.1) is 6.92 Å². The molecular formula is C15H24ClNO3S. The van der Waals surface area contributed by atoms with Crippen molar-refractivity contribution in [2.45, 2.75) is 44.0 Å². The Bertz CT molecular complexity index is 560. The van der Waals surface area contributed by atoms with E-state index in [-0.39, 0.29) is 6.04 Å². The second-order valence-electron chi connectivity index (χ2n) is 5.09. The number of hydrogen-bond acceptors (Lipinski definition) is 3. The van der Waals surface area contributed by atoms with Gasteiger partial charge in [-0.05, 0) is 43.5 Å². The van der Waals surface area contributed by atoms with Gasteiger partial charge in [0, 0.05) is 25.6 Å². The zero-order valence-electron chi connectivity index (χ0n) is 13.1. The van der Waals surface area contributed by atoms with Crippen molar-refractivity contribution < 1.29 is 13.2 Å². The van der Waals surface area contributed by atoms with Gasteiger partial charge < -0.3 is 4.74 Å². The molecule has 1 atom stereocenters. The minimum absolute atomic E-state index is 0.0779. The van der Waals surface area contributed by atoms with Gasteiger partial charge in [-0.3, -0.25) is 0 Å². The van der Waals surface area contributed by atoms with Gasteiger partial charge in [0.15, 0.2) is 0 Å². The normalized spacial score (nSPS) is 13.6. The first-order chi connectivity index (χ1) is 9.88. The molecule has 0 saturated heterocycles. The molecule has 1 aromatic rings. The summed E-state index contributed by atoms with van der Waals surface area (Å²) in [6.07, 6.45) is 0.747. The van der Waals surface area contributed by atoms with E-state index in [9.17, 15) is 8.42 Å². The third kappa shape index (κ3) is 4.42. The quantitative estimate of drug-likeness (QED) is 0.686. The second-order valence-corrected chi connectivity index (χ2v) is 7.25. The molecule has 0 bridgehead atoms. The minimum Gasteiger partial charge on any atom is -0.383 e. The molecule has 1 aromatic carbocycles. The Morgan fingerprint density at radius 1 is 1.38 bits per heavy atom. The molecule has 1 unspecified atom stereocenters. The van der Waals surface area contributed by atoms with Gasteiger partial charge in [0.2, 0.25) is 10.0 Å². The summed E-state index contributed by atoms with van der Waals surface area (Å²) in [6.45, 7) is 6.52. The van der Waals surface area contributed by atoms with Gasteiger partial charge in [0.05, 0.1) is 11.5 Å². The summed E-state index contributed by atoms with van der Waals surface area (Å²) >= 11 is 5.88. The van der Waals surface area contributed by atoms with Crippen LogP contribution in [0.4, 0.5) is 0 Å². The lowest BCUT2D eigenvalue weighted by molar-refractivity contribution is 0.167. The molecule has 0 spiro atoms. The average Bonchev–Trinajstić information content (AvgIpc) is 2.47. The van der Waals surface area contributed by atoms with Gasteiger partial charge >= 0.3 is 0 Å². The first-order valence-corrected chi connectivity index (χ1v) is 9.02. The summed E-state index contributed by atoms with van der Waals surface area (Å²) in [4.78, 5) is 0.292. The van der Waals surface area contributed by atoms with Gasteiger partial charge in [-0.2, -0.15) is 4.31 Å². The lowest BCUT2D eigenvalue weighted by atomic mass is 10.1. The summed E-state index contributed by atoms with van der Waals surface area (Å²) in [5.41, 5.74) is 1.84. The van der Waals surface area contributed by atoms with Gasteiger partial charge in [-0.15, -0.1) is 11.6 Å². The first-order valence-electron chi connectivity index (χ1n) is 7.04. The van der Waals surface area contributed by atoms with Crippen LogP contribution in [0.15, 0.2) is 23.1 Å². The first kappa shape index (κ1) is 18.4. The molecule has 0 radical (unpaired) electrons. The Labute approximate surface area is 133 Å². The Morgan fingerprint density at radius 3 is 2.57 bits per heavy atom. The number of halogens is 1. The van der Waals surface area contributed by atoms with E-state index in [0.29, 0.717) is 23.9 Å². The molecule has 0 amide bonds. The minimum atomic E-state index is -3.54. The lowest BCUT2D eigenvalue weighted by Crippen LogP contribution is -2.40. The topological polar surface area (TPSA) is 46.6 Å². The van der Waals surface area contributed by atoms with Crippen molar-refractivity contribution in [2.75, 3.05) is 20.3 Å². The van der Waals surface area contributed by atoms with E-state index in [1.165, 1.54) is 4.31 Å². The van der Waals surface area contributed by atoms with Crippen molar-refractivity contribution in [1.82, 2.24) is 4.31 Å². The van der Waals surface area contributed by atoms with Crippen LogP contribution in [0.2, 0.25) is 0 Å². The molecule has 0 aliphatic carbocycles. The van der Waals surface area contributed by atoms with Crippen molar-refractivity contribution in [3.8, 4) is 0 Å². The van der Waals surface area contributed by atoms with Gasteiger partial charge in [0.1, 0.15) is 0 Å². The number of benzene rings is 1. The predicted molar refractivity (Wildman–Crippen MR) is 86.3 cm³/mol. The van der Waals surface area contributed by atoms with Crippen molar-refractivity contribution in [2.24, 2.45) is 0 Å². The maximum absolute atomic E-state index is 12.8. The number of aryl methyl sites for hydroxylation is 1. The van der Waals surface area contributed by atoms with E-state index in [4.69, 9.17) is 16.3 Å². The highest BCUT2D eigenvalue weighted by atomic mass is 35.5. The summed E-state index contributed by atoms with van der Waals surface area (Å²) in [6, 6.07) is 5.03. The summed E-state index contributed by atoms with van der Waals surface area (Å²) in [5, 5.41) is 0. The molecule has 120 valence electrons. The maximum Gasteiger partial charge on any atom is 0.243 e. The molecule has 0 heterocycles. The standard InChI is InChI=1S/C15H24ClNO3S/c1-5-13(3)17(8-9-20-4)21(18,19)15-7-6-12(2)14(10-15)11-16/h6-7,10,13H,5,8-9,11H2,1-4H3. The van der Waals surface area contributed by atoms with Crippen LogP contribution < -0.4 is 0 Å². The number of alkyl halides is 1. The zero-order chi connectivity index (χ0) is 16.0. The fraction of sp³-hybridized carbons (Fsp3) is 0.600. The predicted octanol–water partition coefficient (Wildman–Crippen LogP) is 3.17. The number of nitrogens with zero attached hydrogens (tertiary/aromatic N) is 1. The number of sulfonamides is 1. The third-order valence-electron chi connectivity index (χ3n) is 3.67. The number of ether oxygens (including phenoxy) is 1. The summed E-state index contributed by atoms with van der Waals surface area (Å²) in [5.74, 6) is 0.302. The fourth-order valence-electron chi connectivity index (χ4n) is 2.05. The number of methoxy groups -OCH3 is 1. The summed E-state index contributed by atoms with van der Waals surface area (Å²) < 4.78 is 32.2. The van der Waals surface area contributed by atoms with E-state index < -0.39 is 10.0 Å². The Kier molecular flexibility index (Phi) is 7.13. The molecule has 0 aliphatic heterocycles. The van der Waals surface area contributed by atoms with Crippen LogP contribution >= 0.6 is 11.6 Å². The molecule has 1 rings (SSSR count). The summed E-state index contributed by atoms with van der Waals surface area (Å²) in [7, 11) is -1.97. The molecule has 0 aliphatic rings.